The van der Waals surface area contributed by atoms with Crippen molar-refractivity contribution >= 4 is 0 Å². The zero-order chi connectivity index (χ0) is 18.1. The number of hydrogen-bond donors (Lipinski definition) is 1. The van der Waals surface area contributed by atoms with E-state index in [1.165, 1.54) is 11.1 Å². The highest BCUT2D eigenvalue weighted by atomic mass is 16.5. The largest absolute Gasteiger partial charge is 0.396 e. The van der Waals surface area contributed by atoms with Crippen LogP contribution in [-0.4, -0.2) is 41.9 Å². The van der Waals surface area contributed by atoms with Crippen molar-refractivity contribution in [2.45, 2.75) is 38.8 Å². The number of aliphatic hydroxyl groups excluding tert-OH is 1. The second-order valence-corrected chi connectivity index (χ2v) is 7.30. The molecule has 0 spiro atoms. The number of benzene rings is 2. The Morgan fingerprint density at radius 1 is 0.880 bits per heavy atom. The molecule has 0 saturated carbocycles. The van der Waals surface area contributed by atoms with Crippen LogP contribution in [0, 0.1) is 0 Å². The zero-order valence-electron chi connectivity index (χ0n) is 15.7. The molecule has 3 heteroatoms. The van der Waals surface area contributed by atoms with Crippen LogP contribution in [0.2, 0.25) is 0 Å². The van der Waals surface area contributed by atoms with Crippen molar-refractivity contribution in [3.63, 3.8) is 0 Å². The molecular formula is C22H31NO2. The number of nitrogens with zero attached hydrogens (tertiary/aromatic N) is 1. The normalized spacial score (nSPS) is 12.1. The molecule has 0 amide bonds. The molecule has 0 unspecified atom stereocenters. The first-order chi connectivity index (χ1) is 12.0. The van der Waals surface area contributed by atoms with Crippen LogP contribution >= 0.6 is 0 Å². The van der Waals surface area contributed by atoms with E-state index in [-0.39, 0.29) is 18.2 Å². The Labute approximate surface area is 152 Å². The van der Waals surface area contributed by atoms with Gasteiger partial charge in [0.15, 0.2) is 0 Å². The minimum Gasteiger partial charge on any atom is -0.396 e. The molecule has 0 heterocycles. The van der Waals surface area contributed by atoms with Gasteiger partial charge in [0.2, 0.25) is 0 Å². The molecule has 0 aliphatic carbocycles. The minimum absolute atomic E-state index is 0.141. The summed E-state index contributed by atoms with van der Waals surface area (Å²) in [6.45, 7) is 8.77. The van der Waals surface area contributed by atoms with Crippen molar-refractivity contribution in [3.05, 3.63) is 71.8 Å². The minimum atomic E-state index is -0.141. The molecule has 1 N–H and O–H groups in total. The SMILES string of the molecule is CC(C)(C)OCCN(CCCO)C(c1ccccc1)c1ccccc1. The fourth-order valence-corrected chi connectivity index (χ4v) is 3.00. The second-order valence-electron chi connectivity index (χ2n) is 7.30. The Morgan fingerprint density at radius 3 is 1.84 bits per heavy atom. The smallest absolute Gasteiger partial charge is 0.0602 e. The predicted molar refractivity (Wildman–Crippen MR) is 104 cm³/mol. The molecule has 2 aromatic carbocycles. The maximum Gasteiger partial charge on any atom is 0.0602 e. The van der Waals surface area contributed by atoms with Crippen molar-refractivity contribution in [2.24, 2.45) is 0 Å². The third-order valence-corrected chi connectivity index (χ3v) is 4.11. The van der Waals surface area contributed by atoms with Crippen LogP contribution in [0.1, 0.15) is 44.4 Å². The van der Waals surface area contributed by atoms with Crippen LogP contribution in [0.3, 0.4) is 0 Å². The standard InChI is InChI=1S/C22H31NO2/c1-22(2,3)25-18-16-23(15-10-17-24)21(19-11-6-4-7-12-19)20-13-8-5-9-14-20/h4-9,11-14,21,24H,10,15-18H2,1-3H3. The first-order valence-electron chi connectivity index (χ1n) is 9.10. The van der Waals surface area contributed by atoms with Gasteiger partial charge >= 0.3 is 0 Å². The van der Waals surface area contributed by atoms with Crippen molar-refractivity contribution in [1.29, 1.82) is 0 Å². The lowest BCUT2D eigenvalue weighted by molar-refractivity contribution is -0.0166. The van der Waals surface area contributed by atoms with Crippen LogP contribution in [0.25, 0.3) is 0 Å². The Kier molecular flexibility index (Phi) is 7.63. The van der Waals surface area contributed by atoms with E-state index in [4.69, 9.17) is 4.74 Å². The molecule has 0 atom stereocenters. The van der Waals surface area contributed by atoms with Crippen molar-refractivity contribution < 1.29 is 9.84 Å². The number of rotatable bonds is 9. The van der Waals surface area contributed by atoms with E-state index < -0.39 is 0 Å². The van der Waals surface area contributed by atoms with Crippen molar-refractivity contribution in [1.82, 2.24) is 4.90 Å². The second kappa shape index (κ2) is 9.71. The lowest BCUT2D eigenvalue weighted by Gasteiger charge is -2.33. The molecule has 2 aromatic rings. The summed E-state index contributed by atoms with van der Waals surface area (Å²) in [5.74, 6) is 0. The Bertz CT molecular complexity index is 553. The summed E-state index contributed by atoms with van der Waals surface area (Å²) in [4.78, 5) is 2.41. The highest BCUT2D eigenvalue weighted by Crippen LogP contribution is 2.28. The van der Waals surface area contributed by atoms with E-state index in [9.17, 15) is 5.11 Å². The summed E-state index contributed by atoms with van der Waals surface area (Å²) in [7, 11) is 0. The molecule has 3 nitrogen and oxygen atoms in total. The third kappa shape index (κ3) is 6.62. The Balaban J connectivity index is 2.25. The van der Waals surface area contributed by atoms with Gasteiger partial charge in [0.25, 0.3) is 0 Å². The van der Waals surface area contributed by atoms with Crippen LogP contribution in [0.15, 0.2) is 60.7 Å². The molecule has 0 fully saturated rings. The monoisotopic (exact) mass is 341 g/mol. The van der Waals surface area contributed by atoms with Crippen LogP contribution < -0.4 is 0 Å². The summed E-state index contributed by atoms with van der Waals surface area (Å²) in [5.41, 5.74) is 2.39. The quantitative estimate of drug-likeness (QED) is 0.739. The van der Waals surface area contributed by atoms with E-state index in [1.54, 1.807) is 0 Å². The summed E-state index contributed by atoms with van der Waals surface area (Å²) in [6, 6.07) is 21.3. The van der Waals surface area contributed by atoms with E-state index in [0.717, 1.165) is 19.5 Å². The van der Waals surface area contributed by atoms with Gasteiger partial charge in [-0.2, -0.15) is 0 Å². The maximum atomic E-state index is 9.33. The fourth-order valence-electron chi connectivity index (χ4n) is 3.00. The number of aliphatic hydroxyl groups is 1. The molecule has 0 aliphatic heterocycles. The topological polar surface area (TPSA) is 32.7 Å². The van der Waals surface area contributed by atoms with Gasteiger partial charge in [-0.1, -0.05) is 60.7 Å². The summed E-state index contributed by atoms with van der Waals surface area (Å²) in [5, 5.41) is 9.33. The molecule has 0 aromatic heterocycles. The number of hydrogen-bond acceptors (Lipinski definition) is 3. The predicted octanol–water partition coefficient (Wildman–Crippen LogP) is 4.28. The van der Waals surface area contributed by atoms with E-state index in [0.29, 0.717) is 6.61 Å². The molecule has 0 saturated heterocycles. The van der Waals surface area contributed by atoms with E-state index >= 15 is 0 Å². The first kappa shape index (κ1) is 19.6. The van der Waals surface area contributed by atoms with Crippen LogP contribution in [-0.2, 0) is 4.74 Å². The lowest BCUT2D eigenvalue weighted by Crippen LogP contribution is -2.35. The summed E-state index contributed by atoms with van der Waals surface area (Å²) >= 11 is 0. The average molecular weight is 341 g/mol. The van der Waals surface area contributed by atoms with Crippen molar-refractivity contribution in [3.8, 4) is 0 Å². The molecule has 0 bridgehead atoms. The molecule has 136 valence electrons. The molecular weight excluding hydrogens is 310 g/mol. The van der Waals surface area contributed by atoms with Gasteiger partial charge in [-0.05, 0) is 38.3 Å². The van der Waals surface area contributed by atoms with Crippen LogP contribution in [0.5, 0.6) is 0 Å². The van der Waals surface area contributed by atoms with Gasteiger partial charge in [0.1, 0.15) is 0 Å². The highest BCUT2D eigenvalue weighted by Gasteiger charge is 2.22. The summed E-state index contributed by atoms with van der Waals surface area (Å²) < 4.78 is 5.96. The number of ether oxygens (including phenoxy) is 1. The van der Waals surface area contributed by atoms with Gasteiger partial charge < -0.3 is 9.84 Å². The molecule has 0 aliphatic rings. The van der Waals surface area contributed by atoms with E-state index in [2.05, 4.69) is 74.2 Å². The maximum absolute atomic E-state index is 9.33. The van der Waals surface area contributed by atoms with Gasteiger partial charge in [-0.15, -0.1) is 0 Å². The highest BCUT2D eigenvalue weighted by molar-refractivity contribution is 5.31. The lowest BCUT2D eigenvalue weighted by atomic mass is 9.97. The fraction of sp³-hybridized carbons (Fsp3) is 0.455. The average Bonchev–Trinajstić information content (AvgIpc) is 2.60. The van der Waals surface area contributed by atoms with Gasteiger partial charge in [0, 0.05) is 19.7 Å². The first-order valence-corrected chi connectivity index (χ1v) is 9.10. The van der Waals surface area contributed by atoms with Gasteiger partial charge in [-0.3, -0.25) is 4.90 Å². The Hall–Kier alpha value is -1.68. The zero-order valence-corrected chi connectivity index (χ0v) is 15.7. The molecule has 25 heavy (non-hydrogen) atoms. The molecule has 2 rings (SSSR count). The molecule has 0 radical (unpaired) electrons. The van der Waals surface area contributed by atoms with Crippen LogP contribution in [0.4, 0.5) is 0 Å². The van der Waals surface area contributed by atoms with Crippen molar-refractivity contribution in [2.75, 3.05) is 26.3 Å². The van der Waals surface area contributed by atoms with E-state index in [1.807, 2.05) is 12.1 Å². The third-order valence-electron chi connectivity index (χ3n) is 4.11. The summed E-state index contributed by atoms with van der Waals surface area (Å²) in [6.07, 6.45) is 0.756. The van der Waals surface area contributed by atoms with Gasteiger partial charge in [0.05, 0.1) is 18.2 Å². The van der Waals surface area contributed by atoms with Gasteiger partial charge in [-0.25, -0.2) is 0 Å². The Morgan fingerprint density at radius 2 is 1.40 bits per heavy atom.